The average Bonchev–Trinajstić information content (AvgIpc) is 2.72. The standard InChI is InChI=1S/C24H29FO/c1-2-18-26-24-15-13-23(14-16-24)22-11-9-21(10-12-22)20-7-5-19(6-8-20)4-3-17-25/h3,9-17,19-20H,2,4-8,18H2,1H3. The van der Waals surface area contributed by atoms with Gasteiger partial charge in [0.1, 0.15) is 5.75 Å². The van der Waals surface area contributed by atoms with Crippen molar-refractivity contribution in [2.24, 2.45) is 5.92 Å². The summed E-state index contributed by atoms with van der Waals surface area (Å²) in [7, 11) is 0. The zero-order valence-electron chi connectivity index (χ0n) is 15.7. The highest BCUT2D eigenvalue weighted by Gasteiger charge is 2.21. The molecule has 1 aliphatic carbocycles. The Bertz CT molecular complexity index is 679. The molecule has 0 amide bonds. The van der Waals surface area contributed by atoms with Crippen LogP contribution in [-0.2, 0) is 0 Å². The van der Waals surface area contributed by atoms with E-state index in [4.69, 9.17) is 4.74 Å². The number of benzene rings is 2. The Balaban J connectivity index is 1.58. The fourth-order valence-corrected chi connectivity index (χ4v) is 3.89. The Hall–Kier alpha value is -2.09. The van der Waals surface area contributed by atoms with Crippen LogP contribution >= 0.6 is 0 Å². The van der Waals surface area contributed by atoms with Gasteiger partial charge in [-0.15, -0.1) is 0 Å². The molecule has 0 aliphatic heterocycles. The third-order valence-corrected chi connectivity index (χ3v) is 5.45. The number of ether oxygens (including phenoxy) is 1. The fraction of sp³-hybridized carbons (Fsp3) is 0.417. The van der Waals surface area contributed by atoms with Crippen LogP contribution in [0.3, 0.4) is 0 Å². The van der Waals surface area contributed by atoms with E-state index in [1.54, 1.807) is 6.08 Å². The molecule has 2 aromatic rings. The van der Waals surface area contributed by atoms with Gasteiger partial charge in [0.05, 0.1) is 12.9 Å². The molecule has 0 spiro atoms. The fourth-order valence-electron chi connectivity index (χ4n) is 3.89. The van der Waals surface area contributed by atoms with Crippen molar-refractivity contribution in [1.29, 1.82) is 0 Å². The predicted octanol–water partition coefficient (Wildman–Crippen LogP) is 7.29. The quantitative estimate of drug-likeness (QED) is 0.508. The maximum absolute atomic E-state index is 12.2. The maximum atomic E-state index is 12.2. The van der Waals surface area contributed by atoms with Crippen LogP contribution in [0.25, 0.3) is 11.1 Å². The molecule has 0 radical (unpaired) electrons. The van der Waals surface area contributed by atoms with Crippen LogP contribution < -0.4 is 4.74 Å². The molecule has 3 rings (SSSR count). The zero-order chi connectivity index (χ0) is 18.2. The lowest BCUT2D eigenvalue weighted by molar-refractivity contribution is 0.317. The first-order chi connectivity index (χ1) is 12.8. The monoisotopic (exact) mass is 352 g/mol. The molecular weight excluding hydrogens is 323 g/mol. The summed E-state index contributed by atoms with van der Waals surface area (Å²) in [6.07, 6.45) is 9.11. The summed E-state index contributed by atoms with van der Waals surface area (Å²) in [6.45, 7) is 2.88. The van der Waals surface area contributed by atoms with Crippen molar-refractivity contribution >= 4 is 0 Å². The van der Waals surface area contributed by atoms with Gasteiger partial charge in [-0.05, 0) is 79.2 Å². The molecule has 2 aromatic carbocycles. The second-order valence-electron chi connectivity index (χ2n) is 7.31. The van der Waals surface area contributed by atoms with Gasteiger partial charge in [-0.1, -0.05) is 49.4 Å². The van der Waals surface area contributed by atoms with E-state index in [1.165, 1.54) is 42.4 Å². The van der Waals surface area contributed by atoms with Gasteiger partial charge in [-0.3, -0.25) is 0 Å². The van der Waals surface area contributed by atoms with Crippen molar-refractivity contribution in [3.8, 4) is 16.9 Å². The largest absolute Gasteiger partial charge is 0.494 e. The molecule has 2 heteroatoms. The van der Waals surface area contributed by atoms with Gasteiger partial charge >= 0.3 is 0 Å². The minimum absolute atomic E-state index is 0.652. The number of hydrogen-bond donors (Lipinski definition) is 0. The van der Waals surface area contributed by atoms with Gasteiger partial charge in [0.15, 0.2) is 0 Å². The first-order valence-corrected chi connectivity index (χ1v) is 9.88. The molecule has 0 aromatic heterocycles. The molecule has 0 heterocycles. The second kappa shape index (κ2) is 9.56. The van der Waals surface area contributed by atoms with Crippen LogP contribution in [0.4, 0.5) is 4.39 Å². The molecule has 0 bridgehead atoms. The van der Waals surface area contributed by atoms with Gasteiger partial charge in [0, 0.05) is 0 Å². The Morgan fingerprint density at radius 2 is 1.54 bits per heavy atom. The third-order valence-electron chi connectivity index (χ3n) is 5.45. The van der Waals surface area contributed by atoms with Crippen LogP contribution in [0, 0.1) is 5.92 Å². The zero-order valence-corrected chi connectivity index (χ0v) is 15.7. The highest BCUT2D eigenvalue weighted by atomic mass is 19.1. The lowest BCUT2D eigenvalue weighted by Gasteiger charge is -2.28. The summed E-state index contributed by atoms with van der Waals surface area (Å²) in [4.78, 5) is 0. The molecule has 1 aliphatic rings. The van der Waals surface area contributed by atoms with Gasteiger partial charge < -0.3 is 4.74 Å². The number of hydrogen-bond acceptors (Lipinski definition) is 1. The van der Waals surface area contributed by atoms with Crippen molar-refractivity contribution in [2.75, 3.05) is 6.61 Å². The minimum Gasteiger partial charge on any atom is -0.494 e. The molecule has 1 saturated carbocycles. The van der Waals surface area contributed by atoms with E-state index >= 15 is 0 Å². The highest BCUT2D eigenvalue weighted by Crippen LogP contribution is 2.37. The molecule has 0 unspecified atom stereocenters. The van der Waals surface area contributed by atoms with E-state index < -0.39 is 0 Å². The van der Waals surface area contributed by atoms with Crippen LogP contribution in [-0.4, -0.2) is 6.61 Å². The van der Waals surface area contributed by atoms with Crippen molar-refractivity contribution in [3.05, 3.63) is 66.5 Å². The van der Waals surface area contributed by atoms with E-state index in [1.807, 2.05) is 12.1 Å². The van der Waals surface area contributed by atoms with Crippen molar-refractivity contribution in [3.63, 3.8) is 0 Å². The van der Waals surface area contributed by atoms with Crippen molar-refractivity contribution < 1.29 is 9.13 Å². The van der Waals surface area contributed by atoms with Crippen LogP contribution in [0.1, 0.15) is 56.9 Å². The van der Waals surface area contributed by atoms with Gasteiger partial charge in [0.2, 0.25) is 0 Å². The number of halogens is 1. The lowest BCUT2D eigenvalue weighted by Crippen LogP contribution is -2.12. The van der Waals surface area contributed by atoms with Gasteiger partial charge in [-0.25, -0.2) is 4.39 Å². The minimum atomic E-state index is 0.652. The first-order valence-electron chi connectivity index (χ1n) is 9.88. The van der Waals surface area contributed by atoms with Crippen molar-refractivity contribution in [1.82, 2.24) is 0 Å². The Morgan fingerprint density at radius 3 is 2.12 bits per heavy atom. The number of rotatable bonds is 7. The van der Waals surface area contributed by atoms with Crippen LogP contribution in [0.2, 0.25) is 0 Å². The van der Waals surface area contributed by atoms with E-state index in [0.717, 1.165) is 25.2 Å². The summed E-state index contributed by atoms with van der Waals surface area (Å²) < 4.78 is 17.8. The predicted molar refractivity (Wildman–Crippen MR) is 107 cm³/mol. The molecule has 138 valence electrons. The van der Waals surface area contributed by atoms with Crippen LogP contribution in [0.15, 0.2) is 60.9 Å². The first kappa shape index (κ1) is 18.7. The summed E-state index contributed by atoms with van der Waals surface area (Å²) in [5.74, 6) is 2.25. The topological polar surface area (TPSA) is 9.23 Å². The molecular formula is C24H29FO. The van der Waals surface area contributed by atoms with E-state index in [9.17, 15) is 4.39 Å². The summed E-state index contributed by atoms with van der Waals surface area (Å²) in [5, 5.41) is 0. The Kier molecular flexibility index (Phi) is 6.88. The SMILES string of the molecule is CCCOc1ccc(-c2ccc(C3CCC(CC=CF)CC3)cc2)cc1. The molecule has 26 heavy (non-hydrogen) atoms. The summed E-state index contributed by atoms with van der Waals surface area (Å²) in [6, 6.07) is 17.4. The number of allylic oxidation sites excluding steroid dienone is 1. The molecule has 1 nitrogen and oxygen atoms in total. The molecule has 0 atom stereocenters. The Labute approximate surface area is 156 Å². The summed E-state index contributed by atoms with van der Waals surface area (Å²) in [5.41, 5.74) is 3.91. The third kappa shape index (κ3) is 4.97. The maximum Gasteiger partial charge on any atom is 0.119 e. The van der Waals surface area contributed by atoms with Crippen molar-refractivity contribution in [2.45, 2.75) is 51.4 Å². The summed E-state index contributed by atoms with van der Waals surface area (Å²) >= 11 is 0. The van der Waals surface area contributed by atoms with Gasteiger partial charge in [-0.2, -0.15) is 0 Å². The van der Waals surface area contributed by atoms with Gasteiger partial charge in [0.25, 0.3) is 0 Å². The van der Waals surface area contributed by atoms with E-state index in [2.05, 4.69) is 43.3 Å². The normalized spacial score (nSPS) is 20.4. The highest BCUT2D eigenvalue weighted by molar-refractivity contribution is 5.64. The van der Waals surface area contributed by atoms with Crippen LogP contribution in [0.5, 0.6) is 5.75 Å². The van der Waals surface area contributed by atoms with E-state index in [-0.39, 0.29) is 0 Å². The van der Waals surface area contributed by atoms with E-state index in [0.29, 0.717) is 18.2 Å². The smallest absolute Gasteiger partial charge is 0.119 e. The molecule has 0 N–H and O–H groups in total. The average molecular weight is 352 g/mol. The Morgan fingerprint density at radius 1 is 0.923 bits per heavy atom. The molecule has 0 saturated heterocycles. The second-order valence-corrected chi connectivity index (χ2v) is 7.31. The lowest BCUT2D eigenvalue weighted by atomic mass is 9.77. The molecule has 1 fully saturated rings.